The van der Waals surface area contributed by atoms with E-state index in [4.69, 9.17) is 0 Å². The summed E-state index contributed by atoms with van der Waals surface area (Å²) in [7, 11) is 0. The number of nitrogens with one attached hydrogen (secondary N) is 1. The molecule has 150 valence electrons. The summed E-state index contributed by atoms with van der Waals surface area (Å²) in [4.78, 5) is 32.5. The molecule has 2 amide bonds. The minimum atomic E-state index is -0.287. The third-order valence-corrected chi connectivity index (χ3v) is 6.65. The maximum absolute atomic E-state index is 13.9. The van der Waals surface area contributed by atoms with Crippen molar-refractivity contribution in [2.45, 2.75) is 32.1 Å². The lowest BCUT2D eigenvalue weighted by Crippen LogP contribution is -2.41. The second-order valence-corrected chi connectivity index (χ2v) is 8.48. The number of anilines is 1. The Morgan fingerprint density at radius 2 is 2.11 bits per heavy atom. The number of carbonyl (C=O) groups is 2. The minimum absolute atomic E-state index is 0.00998. The molecule has 0 bridgehead atoms. The van der Waals surface area contributed by atoms with Gasteiger partial charge >= 0.3 is 0 Å². The van der Waals surface area contributed by atoms with Gasteiger partial charge < -0.3 is 15.1 Å². The van der Waals surface area contributed by atoms with Crippen molar-refractivity contribution in [2.75, 3.05) is 37.6 Å². The highest BCUT2D eigenvalue weighted by molar-refractivity contribution is 7.22. The van der Waals surface area contributed by atoms with Crippen LogP contribution in [-0.4, -0.2) is 54.4 Å². The molecule has 4 rings (SSSR count). The lowest BCUT2D eigenvalue weighted by Gasteiger charge is -2.31. The van der Waals surface area contributed by atoms with Crippen molar-refractivity contribution in [2.24, 2.45) is 5.92 Å². The van der Waals surface area contributed by atoms with Gasteiger partial charge in [0.25, 0.3) is 0 Å². The fourth-order valence-electron chi connectivity index (χ4n) is 3.94. The summed E-state index contributed by atoms with van der Waals surface area (Å²) in [6, 6.07) is 5.02. The standard InChI is InChI=1S/C20H25FN4O2S/c21-15-4-1-5-16-18(15)23-20(28-16)25-12-7-14(8-13-25)19(27)22-9-3-11-24-10-2-6-17(24)26/h1,4-5,14H,2-3,6-13H2,(H,22,27). The van der Waals surface area contributed by atoms with Gasteiger partial charge in [-0.05, 0) is 37.8 Å². The van der Waals surface area contributed by atoms with Crippen molar-refractivity contribution in [3.8, 4) is 0 Å². The monoisotopic (exact) mass is 404 g/mol. The number of hydrogen-bond acceptors (Lipinski definition) is 5. The van der Waals surface area contributed by atoms with E-state index in [0.29, 0.717) is 18.5 Å². The predicted octanol–water partition coefficient (Wildman–Crippen LogP) is 2.78. The summed E-state index contributed by atoms with van der Waals surface area (Å²) in [5, 5.41) is 3.84. The number of para-hydroxylation sites is 1. The van der Waals surface area contributed by atoms with E-state index in [9.17, 15) is 14.0 Å². The number of amides is 2. The van der Waals surface area contributed by atoms with Crippen LogP contribution in [0, 0.1) is 11.7 Å². The van der Waals surface area contributed by atoms with E-state index in [2.05, 4.69) is 15.2 Å². The van der Waals surface area contributed by atoms with Crippen LogP contribution in [0.2, 0.25) is 0 Å². The molecule has 1 N–H and O–H groups in total. The lowest BCUT2D eigenvalue weighted by atomic mass is 9.96. The molecule has 0 radical (unpaired) electrons. The van der Waals surface area contributed by atoms with Crippen LogP contribution in [-0.2, 0) is 9.59 Å². The molecule has 8 heteroatoms. The van der Waals surface area contributed by atoms with E-state index in [1.165, 1.54) is 17.4 Å². The molecule has 1 aromatic carbocycles. The molecule has 2 saturated heterocycles. The van der Waals surface area contributed by atoms with Gasteiger partial charge in [0.1, 0.15) is 11.3 Å². The summed E-state index contributed by atoms with van der Waals surface area (Å²) < 4.78 is 14.7. The minimum Gasteiger partial charge on any atom is -0.356 e. The van der Waals surface area contributed by atoms with Crippen LogP contribution in [0.15, 0.2) is 18.2 Å². The summed E-state index contributed by atoms with van der Waals surface area (Å²) >= 11 is 1.50. The first-order valence-corrected chi connectivity index (χ1v) is 10.8. The number of nitrogens with zero attached hydrogens (tertiary/aromatic N) is 3. The van der Waals surface area contributed by atoms with Crippen molar-refractivity contribution in [1.29, 1.82) is 0 Å². The maximum atomic E-state index is 13.9. The van der Waals surface area contributed by atoms with Gasteiger partial charge in [0, 0.05) is 45.1 Å². The SMILES string of the molecule is O=C(NCCCN1CCCC1=O)C1CCN(c2nc3c(F)cccc3s2)CC1. The average molecular weight is 405 g/mol. The van der Waals surface area contributed by atoms with E-state index in [1.807, 2.05) is 11.0 Å². The summed E-state index contributed by atoms with van der Waals surface area (Å²) in [6.45, 7) is 3.69. The molecule has 28 heavy (non-hydrogen) atoms. The number of hydrogen-bond donors (Lipinski definition) is 1. The van der Waals surface area contributed by atoms with E-state index in [1.54, 1.807) is 6.07 Å². The largest absolute Gasteiger partial charge is 0.356 e. The van der Waals surface area contributed by atoms with Gasteiger partial charge in [-0.1, -0.05) is 17.4 Å². The molecular weight excluding hydrogens is 379 g/mol. The molecule has 0 unspecified atom stereocenters. The van der Waals surface area contributed by atoms with Crippen molar-refractivity contribution >= 4 is 38.5 Å². The zero-order chi connectivity index (χ0) is 19.5. The zero-order valence-corrected chi connectivity index (χ0v) is 16.6. The number of fused-ring (bicyclic) bond motifs is 1. The Balaban J connectivity index is 1.22. The third-order valence-electron chi connectivity index (χ3n) is 5.57. The van der Waals surface area contributed by atoms with Gasteiger partial charge in [0.2, 0.25) is 11.8 Å². The Hall–Kier alpha value is -2.22. The third kappa shape index (κ3) is 4.11. The highest BCUT2D eigenvalue weighted by Gasteiger charge is 2.26. The second-order valence-electron chi connectivity index (χ2n) is 7.47. The Morgan fingerprint density at radius 1 is 1.29 bits per heavy atom. The fraction of sp³-hybridized carbons (Fsp3) is 0.550. The normalized spacial score (nSPS) is 18.2. The molecule has 2 fully saturated rings. The van der Waals surface area contributed by atoms with E-state index in [0.717, 1.165) is 61.7 Å². The lowest BCUT2D eigenvalue weighted by molar-refractivity contribution is -0.127. The molecule has 0 atom stereocenters. The molecule has 0 saturated carbocycles. The van der Waals surface area contributed by atoms with Gasteiger partial charge in [-0.3, -0.25) is 9.59 Å². The van der Waals surface area contributed by atoms with Crippen molar-refractivity contribution in [3.05, 3.63) is 24.0 Å². The maximum Gasteiger partial charge on any atom is 0.223 e. The number of carbonyl (C=O) groups excluding carboxylic acids is 2. The number of likely N-dealkylation sites (tertiary alicyclic amines) is 1. The Kier molecular flexibility index (Phi) is 5.75. The van der Waals surface area contributed by atoms with Crippen LogP contribution in [0.3, 0.4) is 0 Å². The first kappa shape index (κ1) is 19.1. The van der Waals surface area contributed by atoms with Crippen LogP contribution in [0.25, 0.3) is 10.2 Å². The summed E-state index contributed by atoms with van der Waals surface area (Å²) in [5.74, 6) is 0.0526. The van der Waals surface area contributed by atoms with Crippen molar-refractivity contribution in [3.63, 3.8) is 0 Å². The van der Waals surface area contributed by atoms with Crippen LogP contribution in [0.4, 0.5) is 9.52 Å². The number of benzene rings is 1. The number of thiazole rings is 1. The average Bonchev–Trinajstić information content (AvgIpc) is 3.32. The van der Waals surface area contributed by atoms with Crippen LogP contribution < -0.4 is 10.2 Å². The Labute approximate surface area is 167 Å². The van der Waals surface area contributed by atoms with E-state index < -0.39 is 0 Å². The molecule has 0 spiro atoms. The smallest absolute Gasteiger partial charge is 0.223 e. The molecular formula is C20H25FN4O2S. The zero-order valence-electron chi connectivity index (χ0n) is 15.8. The van der Waals surface area contributed by atoms with Gasteiger partial charge in [-0.15, -0.1) is 0 Å². The van der Waals surface area contributed by atoms with Gasteiger partial charge in [0.15, 0.2) is 5.13 Å². The first-order chi connectivity index (χ1) is 13.6. The molecule has 3 heterocycles. The van der Waals surface area contributed by atoms with E-state index in [-0.39, 0.29) is 23.5 Å². The number of halogens is 1. The van der Waals surface area contributed by atoms with E-state index >= 15 is 0 Å². The number of rotatable bonds is 6. The quantitative estimate of drug-likeness (QED) is 0.752. The number of aromatic nitrogens is 1. The molecule has 0 aliphatic carbocycles. The molecule has 1 aromatic heterocycles. The fourth-order valence-corrected chi connectivity index (χ4v) is 4.97. The molecule has 6 nitrogen and oxygen atoms in total. The van der Waals surface area contributed by atoms with Crippen LogP contribution in [0.1, 0.15) is 32.1 Å². The first-order valence-electron chi connectivity index (χ1n) is 9.97. The Morgan fingerprint density at radius 3 is 2.82 bits per heavy atom. The summed E-state index contributed by atoms with van der Waals surface area (Å²) in [6.07, 6.45) is 3.95. The second kappa shape index (κ2) is 8.43. The highest BCUT2D eigenvalue weighted by atomic mass is 32.1. The van der Waals surface area contributed by atoms with Gasteiger partial charge in [0.05, 0.1) is 4.70 Å². The van der Waals surface area contributed by atoms with Crippen LogP contribution in [0.5, 0.6) is 0 Å². The van der Waals surface area contributed by atoms with Crippen molar-refractivity contribution in [1.82, 2.24) is 15.2 Å². The van der Waals surface area contributed by atoms with Crippen LogP contribution >= 0.6 is 11.3 Å². The topological polar surface area (TPSA) is 65.5 Å². The van der Waals surface area contributed by atoms with Gasteiger partial charge in [-0.2, -0.15) is 0 Å². The Bertz CT molecular complexity index is 863. The van der Waals surface area contributed by atoms with Crippen molar-refractivity contribution < 1.29 is 14.0 Å². The predicted molar refractivity (Wildman–Crippen MR) is 108 cm³/mol. The highest BCUT2D eigenvalue weighted by Crippen LogP contribution is 2.32. The molecule has 2 aliphatic heterocycles. The van der Waals surface area contributed by atoms with Gasteiger partial charge in [-0.25, -0.2) is 9.37 Å². The molecule has 2 aromatic rings. The summed E-state index contributed by atoms with van der Waals surface area (Å²) in [5.41, 5.74) is 0.429. The number of piperidine rings is 1. The molecule has 2 aliphatic rings.